The fourth-order valence-electron chi connectivity index (χ4n) is 2.11. The Morgan fingerprint density at radius 3 is 2.50 bits per heavy atom. The Balaban J connectivity index is 2.11. The molecule has 0 fully saturated rings. The summed E-state index contributed by atoms with van der Waals surface area (Å²) < 4.78 is 1.38. The van der Waals surface area contributed by atoms with Gasteiger partial charge in [0.1, 0.15) is 0 Å². The van der Waals surface area contributed by atoms with E-state index in [1.54, 1.807) is 0 Å². The van der Waals surface area contributed by atoms with Gasteiger partial charge in [-0.05, 0) is 46.2 Å². The second-order valence-corrected chi connectivity index (χ2v) is 6.52. The van der Waals surface area contributed by atoms with E-state index in [0.717, 1.165) is 5.75 Å². The Labute approximate surface area is 126 Å². The fraction of sp³-hybridized carbons (Fsp3) is 0.125. The van der Waals surface area contributed by atoms with Crippen LogP contribution in [0.5, 0.6) is 0 Å². The van der Waals surface area contributed by atoms with Crippen molar-refractivity contribution >= 4 is 42.8 Å². The summed E-state index contributed by atoms with van der Waals surface area (Å²) in [4.78, 5) is 1.41. The molecule has 0 N–H and O–H groups in total. The van der Waals surface area contributed by atoms with E-state index in [0.29, 0.717) is 0 Å². The quantitative estimate of drug-likeness (QED) is 0.602. The SMILES string of the molecule is Cc1ccc(C2=C(I)c3ccccc3CS2)cc1. The Kier molecular flexibility index (Phi) is 3.48. The van der Waals surface area contributed by atoms with Crippen LogP contribution in [-0.4, -0.2) is 0 Å². The molecule has 2 heteroatoms. The van der Waals surface area contributed by atoms with Gasteiger partial charge in [0.25, 0.3) is 0 Å². The third kappa shape index (κ3) is 2.24. The minimum atomic E-state index is 1.08. The molecule has 0 aromatic heterocycles. The molecule has 90 valence electrons. The molecule has 0 bridgehead atoms. The lowest BCUT2D eigenvalue weighted by Crippen LogP contribution is -1.96. The zero-order chi connectivity index (χ0) is 12.5. The van der Waals surface area contributed by atoms with Crippen molar-refractivity contribution < 1.29 is 0 Å². The minimum Gasteiger partial charge on any atom is -0.120 e. The van der Waals surface area contributed by atoms with Gasteiger partial charge in [-0.3, -0.25) is 0 Å². The van der Waals surface area contributed by atoms with Gasteiger partial charge in [0, 0.05) is 14.2 Å². The van der Waals surface area contributed by atoms with E-state index in [1.807, 2.05) is 11.8 Å². The number of aryl methyl sites for hydroxylation is 1. The highest BCUT2D eigenvalue weighted by atomic mass is 127. The van der Waals surface area contributed by atoms with E-state index in [4.69, 9.17) is 0 Å². The lowest BCUT2D eigenvalue weighted by atomic mass is 10.1. The lowest BCUT2D eigenvalue weighted by molar-refractivity contribution is 1.39. The molecule has 1 aliphatic heterocycles. The third-order valence-electron chi connectivity index (χ3n) is 3.14. The predicted octanol–water partition coefficient (Wildman–Crippen LogP) is 5.50. The minimum absolute atomic E-state index is 1.08. The van der Waals surface area contributed by atoms with Gasteiger partial charge in [-0.25, -0.2) is 0 Å². The summed E-state index contributed by atoms with van der Waals surface area (Å²) in [5.41, 5.74) is 5.50. The molecule has 0 amide bonds. The van der Waals surface area contributed by atoms with E-state index in [2.05, 4.69) is 78.0 Å². The van der Waals surface area contributed by atoms with E-state index in [9.17, 15) is 0 Å². The van der Waals surface area contributed by atoms with Gasteiger partial charge in [-0.15, -0.1) is 11.8 Å². The standard InChI is InChI=1S/C16H13IS/c1-11-6-8-12(9-7-11)16-15(17)14-5-3-2-4-13(14)10-18-16/h2-9H,10H2,1H3. The van der Waals surface area contributed by atoms with Crippen LogP contribution in [0.3, 0.4) is 0 Å². The van der Waals surface area contributed by atoms with Crippen molar-refractivity contribution in [1.29, 1.82) is 0 Å². The van der Waals surface area contributed by atoms with Crippen LogP contribution in [0.15, 0.2) is 48.5 Å². The van der Waals surface area contributed by atoms with Gasteiger partial charge in [0.05, 0.1) is 0 Å². The summed E-state index contributed by atoms with van der Waals surface area (Å²) in [6.07, 6.45) is 0. The van der Waals surface area contributed by atoms with Crippen molar-refractivity contribution in [2.75, 3.05) is 0 Å². The number of thioether (sulfide) groups is 1. The summed E-state index contributed by atoms with van der Waals surface area (Å²) in [5, 5.41) is 0. The average Bonchev–Trinajstić information content (AvgIpc) is 2.41. The summed E-state index contributed by atoms with van der Waals surface area (Å²) in [5.74, 6) is 1.08. The largest absolute Gasteiger partial charge is 0.120 e. The molecule has 0 unspecified atom stereocenters. The Morgan fingerprint density at radius 1 is 1.00 bits per heavy atom. The third-order valence-corrected chi connectivity index (χ3v) is 5.81. The number of benzene rings is 2. The molecule has 1 aliphatic rings. The van der Waals surface area contributed by atoms with Gasteiger partial charge in [0.2, 0.25) is 0 Å². The average molecular weight is 364 g/mol. The molecule has 1 heterocycles. The molecular formula is C16H13IS. The molecule has 3 rings (SSSR count). The summed E-state index contributed by atoms with van der Waals surface area (Å²) >= 11 is 4.43. The van der Waals surface area contributed by atoms with Gasteiger partial charge in [-0.2, -0.15) is 0 Å². The lowest BCUT2D eigenvalue weighted by Gasteiger charge is -2.19. The van der Waals surface area contributed by atoms with Gasteiger partial charge in [0.15, 0.2) is 0 Å². The maximum atomic E-state index is 2.48. The molecule has 0 spiro atoms. The van der Waals surface area contributed by atoms with Crippen LogP contribution < -0.4 is 0 Å². The Morgan fingerprint density at radius 2 is 1.72 bits per heavy atom. The fourth-order valence-corrected chi connectivity index (χ4v) is 4.51. The smallest absolute Gasteiger partial charge is 0.0347 e. The second kappa shape index (κ2) is 5.10. The highest BCUT2D eigenvalue weighted by Crippen LogP contribution is 2.46. The highest BCUT2D eigenvalue weighted by Gasteiger charge is 2.18. The topological polar surface area (TPSA) is 0 Å². The Hall–Kier alpha value is -0.740. The first-order valence-corrected chi connectivity index (χ1v) is 8.00. The maximum absolute atomic E-state index is 2.48. The zero-order valence-corrected chi connectivity index (χ0v) is 13.1. The van der Waals surface area contributed by atoms with Crippen LogP contribution in [0.2, 0.25) is 0 Å². The van der Waals surface area contributed by atoms with E-state index in [1.165, 1.54) is 30.7 Å². The first-order chi connectivity index (χ1) is 8.75. The molecule has 2 aromatic carbocycles. The molecule has 0 saturated carbocycles. The number of halogens is 1. The summed E-state index contributed by atoms with van der Waals surface area (Å²) in [7, 11) is 0. The van der Waals surface area contributed by atoms with Crippen molar-refractivity contribution in [3.63, 3.8) is 0 Å². The molecule has 0 aliphatic carbocycles. The van der Waals surface area contributed by atoms with Crippen LogP contribution in [0.1, 0.15) is 22.3 Å². The van der Waals surface area contributed by atoms with Crippen molar-refractivity contribution in [3.8, 4) is 0 Å². The van der Waals surface area contributed by atoms with E-state index < -0.39 is 0 Å². The molecule has 2 aromatic rings. The second-order valence-electron chi connectivity index (χ2n) is 4.45. The van der Waals surface area contributed by atoms with Crippen LogP contribution in [0.25, 0.3) is 8.48 Å². The van der Waals surface area contributed by atoms with Crippen molar-refractivity contribution in [2.24, 2.45) is 0 Å². The van der Waals surface area contributed by atoms with E-state index >= 15 is 0 Å². The van der Waals surface area contributed by atoms with Gasteiger partial charge in [-0.1, -0.05) is 54.1 Å². The van der Waals surface area contributed by atoms with Crippen molar-refractivity contribution in [1.82, 2.24) is 0 Å². The summed E-state index contributed by atoms with van der Waals surface area (Å²) in [6.45, 7) is 2.13. The van der Waals surface area contributed by atoms with Crippen molar-refractivity contribution in [2.45, 2.75) is 12.7 Å². The Bertz CT molecular complexity index is 611. The summed E-state index contributed by atoms with van der Waals surface area (Å²) in [6, 6.07) is 17.5. The first kappa shape index (κ1) is 12.3. The van der Waals surface area contributed by atoms with Crippen LogP contribution in [-0.2, 0) is 5.75 Å². The molecule has 0 nitrogen and oxygen atoms in total. The number of fused-ring (bicyclic) bond motifs is 1. The normalized spacial score (nSPS) is 14.6. The number of rotatable bonds is 1. The van der Waals surface area contributed by atoms with Crippen LogP contribution >= 0.6 is 34.4 Å². The predicted molar refractivity (Wildman–Crippen MR) is 89.8 cm³/mol. The molecule has 18 heavy (non-hydrogen) atoms. The van der Waals surface area contributed by atoms with Crippen LogP contribution in [0, 0.1) is 6.92 Å². The maximum Gasteiger partial charge on any atom is 0.0347 e. The van der Waals surface area contributed by atoms with Crippen LogP contribution in [0.4, 0.5) is 0 Å². The number of hydrogen-bond acceptors (Lipinski definition) is 1. The number of hydrogen-bond donors (Lipinski definition) is 0. The van der Waals surface area contributed by atoms with Gasteiger partial charge >= 0.3 is 0 Å². The van der Waals surface area contributed by atoms with Gasteiger partial charge < -0.3 is 0 Å². The first-order valence-electron chi connectivity index (χ1n) is 5.93. The monoisotopic (exact) mass is 364 g/mol. The zero-order valence-electron chi connectivity index (χ0n) is 10.1. The molecular weight excluding hydrogens is 351 g/mol. The highest BCUT2D eigenvalue weighted by molar-refractivity contribution is 14.1. The van der Waals surface area contributed by atoms with Crippen molar-refractivity contribution in [3.05, 3.63) is 70.8 Å². The molecule has 0 atom stereocenters. The van der Waals surface area contributed by atoms with E-state index in [-0.39, 0.29) is 0 Å². The molecule has 0 radical (unpaired) electrons. The molecule has 0 saturated heterocycles.